The summed E-state index contributed by atoms with van der Waals surface area (Å²) in [6.45, 7) is 1.37. The second-order valence-corrected chi connectivity index (χ2v) is 3.88. The molecule has 0 spiro atoms. The quantitative estimate of drug-likeness (QED) is 0.506. The highest BCUT2D eigenvalue weighted by Gasteiger charge is 2.02. The summed E-state index contributed by atoms with van der Waals surface area (Å²) in [5.41, 5.74) is 6.19. The number of carbonyl (C=O) groups excluding carboxylic acids is 1. The van der Waals surface area contributed by atoms with Gasteiger partial charge in [-0.05, 0) is 31.5 Å². The third-order valence-corrected chi connectivity index (χ3v) is 2.30. The first kappa shape index (κ1) is 14.4. The zero-order valence-corrected chi connectivity index (χ0v) is 10.4. The molecule has 0 saturated carbocycles. The molecule has 0 aliphatic carbocycles. The van der Waals surface area contributed by atoms with Crippen LogP contribution < -0.4 is 16.4 Å². The Morgan fingerprint density at radius 1 is 1.39 bits per heavy atom. The van der Waals surface area contributed by atoms with Crippen molar-refractivity contribution in [1.29, 1.82) is 0 Å². The number of carbonyl (C=O) groups is 1. The van der Waals surface area contributed by atoms with Crippen molar-refractivity contribution in [2.45, 2.75) is 19.3 Å². The van der Waals surface area contributed by atoms with E-state index in [0.29, 0.717) is 38.2 Å². The molecule has 0 saturated heterocycles. The molecule has 6 heteroatoms. The zero-order chi connectivity index (χ0) is 13.2. The highest BCUT2D eigenvalue weighted by molar-refractivity contribution is 5.89. The van der Waals surface area contributed by atoms with Crippen molar-refractivity contribution in [3.05, 3.63) is 18.3 Å². The Bertz CT molecular complexity index is 354. The third-order valence-electron chi connectivity index (χ3n) is 2.30. The standard InChI is InChI=1S/C12H20N4O2/c13-6-1-3-12(18)16-11-5-4-10(9-15-11)14-7-2-8-17/h4-5,9,14,17H,1-3,6-8,13H2,(H,15,16,18). The van der Waals surface area contributed by atoms with E-state index in [4.69, 9.17) is 10.8 Å². The Morgan fingerprint density at radius 3 is 2.83 bits per heavy atom. The van der Waals surface area contributed by atoms with Crippen LogP contribution in [0.5, 0.6) is 0 Å². The van der Waals surface area contributed by atoms with Gasteiger partial charge < -0.3 is 21.5 Å². The van der Waals surface area contributed by atoms with Gasteiger partial charge in [-0.25, -0.2) is 4.98 Å². The number of aromatic nitrogens is 1. The van der Waals surface area contributed by atoms with Crippen molar-refractivity contribution in [2.75, 3.05) is 30.3 Å². The van der Waals surface area contributed by atoms with Crippen LogP contribution in [0.4, 0.5) is 11.5 Å². The number of pyridine rings is 1. The summed E-state index contributed by atoms with van der Waals surface area (Å²) in [7, 11) is 0. The molecule has 5 N–H and O–H groups in total. The monoisotopic (exact) mass is 252 g/mol. The first-order valence-electron chi connectivity index (χ1n) is 6.07. The molecular weight excluding hydrogens is 232 g/mol. The van der Waals surface area contributed by atoms with Crippen LogP contribution in [0, 0.1) is 0 Å². The van der Waals surface area contributed by atoms with E-state index in [2.05, 4.69) is 15.6 Å². The van der Waals surface area contributed by atoms with Gasteiger partial charge in [-0.1, -0.05) is 0 Å². The minimum absolute atomic E-state index is 0.0751. The van der Waals surface area contributed by atoms with E-state index in [1.807, 2.05) is 6.07 Å². The molecule has 1 amide bonds. The van der Waals surface area contributed by atoms with Gasteiger partial charge in [-0.2, -0.15) is 0 Å². The van der Waals surface area contributed by atoms with Crippen LogP contribution in [0.15, 0.2) is 18.3 Å². The molecule has 0 aliphatic heterocycles. The third kappa shape index (κ3) is 5.60. The predicted octanol–water partition coefficient (Wildman–Crippen LogP) is 0.553. The minimum Gasteiger partial charge on any atom is -0.396 e. The summed E-state index contributed by atoms with van der Waals surface area (Å²) >= 11 is 0. The van der Waals surface area contributed by atoms with Gasteiger partial charge >= 0.3 is 0 Å². The summed E-state index contributed by atoms with van der Waals surface area (Å²) in [6, 6.07) is 3.57. The number of nitrogens with zero attached hydrogens (tertiary/aromatic N) is 1. The van der Waals surface area contributed by atoms with Crippen molar-refractivity contribution >= 4 is 17.4 Å². The molecule has 0 aliphatic rings. The predicted molar refractivity (Wildman–Crippen MR) is 71.3 cm³/mol. The van der Waals surface area contributed by atoms with Crippen molar-refractivity contribution < 1.29 is 9.90 Å². The maximum atomic E-state index is 11.4. The van der Waals surface area contributed by atoms with Crippen LogP contribution in [0.3, 0.4) is 0 Å². The second-order valence-electron chi connectivity index (χ2n) is 3.88. The number of nitrogens with one attached hydrogen (secondary N) is 2. The lowest BCUT2D eigenvalue weighted by molar-refractivity contribution is -0.116. The fourth-order valence-electron chi connectivity index (χ4n) is 1.35. The molecule has 1 aromatic heterocycles. The molecule has 1 rings (SSSR count). The topological polar surface area (TPSA) is 100 Å². The molecule has 0 bridgehead atoms. The van der Waals surface area contributed by atoms with Crippen molar-refractivity contribution in [2.24, 2.45) is 5.73 Å². The van der Waals surface area contributed by atoms with Crippen LogP contribution in [-0.4, -0.2) is 35.7 Å². The number of amides is 1. The van der Waals surface area contributed by atoms with Crippen LogP contribution in [0.2, 0.25) is 0 Å². The summed E-state index contributed by atoms with van der Waals surface area (Å²) in [4.78, 5) is 15.5. The number of aliphatic hydroxyl groups is 1. The molecule has 6 nitrogen and oxygen atoms in total. The fraction of sp³-hybridized carbons (Fsp3) is 0.500. The molecule has 0 unspecified atom stereocenters. The van der Waals surface area contributed by atoms with Gasteiger partial charge in [0.1, 0.15) is 5.82 Å². The molecule has 0 fully saturated rings. The number of rotatable bonds is 8. The Labute approximate surface area is 107 Å². The molecule has 100 valence electrons. The summed E-state index contributed by atoms with van der Waals surface area (Å²) in [5, 5.41) is 14.5. The van der Waals surface area contributed by atoms with Crippen LogP contribution >= 0.6 is 0 Å². The van der Waals surface area contributed by atoms with E-state index in [-0.39, 0.29) is 12.5 Å². The fourth-order valence-corrected chi connectivity index (χ4v) is 1.35. The summed E-state index contributed by atoms with van der Waals surface area (Å²) < 4.78 is 0. The van der Waals surface area contributed by atoms with E-state index < -0.39 is 0 Å². The summed E-state index contributed by atoms with van der Waals surface area (Å²) in [5.74, 6) is 0.457. The smallest absolute Gasteiger partial charge is 0.225 e. The van der Waals surface area contributed by atoms with Gasteiger partial charge in [0.05, 0.1) is 11.9 Å². The summed E-state index contributed by atoms with van der Waals surface area (Å²) in [6.07, 6.45) is 3.43. The molecular formula is C12H20N4O2. The molecule has 0 radical (unpaired) electrons. The van der Waals surface area contributed by atoms with E-state index in [1.54, 1.807) is 12.3 Å². The maximum absolute atomic E-state index is 11.4. The van der Waals surface area contributed by atoms with Crippen molar-refractivity contribution in [3.8, 4) is 0 Å². The normalized spacial score (nSPS) is 10.1. The molecule has 0 atom stereocenters. The lowest BCUT2D eigenvalue weighted by atomic mass is 10.3. The van der Waals surface area contributed by atoms with E-state index in [0.717, 1.165) is 5.69 Å². The number of hydrogen-bond acceptors (Lipinski definition) is 5. The van der Waals surface area contributed by atoms with Crippen molar-refractivity contribution in [3.63, 3.8) is 0 Å². The Morgan fingerprint density at radius 2 is 2.22 bits per heavy atom. The van der Waals surface area contributed by atoms with Crippen LogP contribution in [0.1, 0.15) is 19.3 Å². The zero-order valence-electron chi connectivity index (χ0n) is 10.4. The highest BCUT2D eigenvalue weighted by atomic mass is 16.3. The number of anilines is 2. The number of hydrogen-bond donors (Lipinski definition) is 4. The van der Waals surface area contributed by atoms with Gasteiger partial charge in [-0.15, -0.1) is 0 Å². The van der Waals surface area contributed by atoms with Gasteiger partial charge in [0.25, 0.3) is 0 Å². The molecule has 1 heterocycles. The van der Waals surface area contributed by atoms with Gasteiger partial charge in [0.15, 0.2) is 0 Å². The van der Waals surface area contributed by atoms with Gasteiger partial charge in [0.2, 0.25) is 5.91 Å². The minimum atomic E-state index is -0.0751. The maximum Gasteiger partial charge on any atom is 0.225 e. The van der Waals surface area contributed by atoms with Crippen molar-refractivity contribution in [1.82, 2.24) is 4.98 Å². The Kier molecular flexibility index (Phi) is 6.75. The van der Waals surface area contributed by atoms with Gasteiger partial charge in [0, 0.05) is 19.6 Å². The van der Waals surface area contributed by atoms with E-state index in [1.165, 1.54) is 0 Å². The Hall–Kier alpha value is -1.66. The van der Waals surface area contributed by atoms with Crippen LogP contribution in [0.25, 0.3) is 0 Å². The SMILES string of the molecule is NCCCC(=O)Nc1ccc(NCCCO)cn1. The highest BCUT2D eigenvalue weighted by Crippen LogP contribution is 2.09. The van der Waals surface area contributed by atoms with E-state index >= 15 is 0 Å². The largest absolute Gasteiger partial charge is 0.396 e. The lowest BCUT2D eigenvalue weighted by Gasteiger charge is -2.07. The van der Waals surface area contributed by atoms with Crippen LogP contribution in [-0.2, 0) is 4.79 Å². The van der Waals surface area contributed by atoms with E-state index in [9.17, 15) is 4.79 Å². The van der Waals surface area contributed by atoms with Gasteiger partial charge in [-0.3, -0.25) is 4.79 Å². The lowest BCUT2D eigenvalue weighted by Crippen LogP contribution is -2.14. The number of nitrogens with two attached hydrogens (primary N) is 1. The Balaban J connectivity index is 2.37. The first-order valence-corrected chi connectivity index (χ1v) is 6.07. The average Bonchev–Trinajstić information content (AvgIpc) is 2.39. The molecule has 18 heavy (non-hydrogen) atoms. The number of aliphatic hydroxyl groups excluding tert-OH is 1. The molecule has 1 aromatic rings. The average molecular weight is 252 g/mol. The second kappa shape index (κ2) is 8.43. The first-order chi connectivity index (χ1) is 8.76. The molecule has 0 aromatic carbocycles.